The van der Waals surface area contributed by atoms with Gasteiger partial charge in [-0.3, -0.25) is 14.4 Å². The smallest absolute Gasteiger partial charge is 0.306 e. The van der Waals surface area contributed by atoms with Crippen LogP contribution in [0.4, 0.5) is 5.69 Å². The Labute approximate surface area is 193 Å². The Balaban J connectivity index is 1.37. The van der Waals surface area contributed by atoms with Crippen molar-refractivity contribution in [2.24, 2.45) is 0 Å². The average Bonchev–Trinajstić information content (AvgIpc) is 3.33. The SMILES string of the molecule is O=C(CCC(=O)OCCc1ccccc1)NC(=S)Nc1cccc(C(=O)N2CCCC2)c1. The second-order valence-corrected chi connectivity index (χ2v) is 7.95. The topological polar surface area (TPSA) is 87.7 Å². The predicted molar refractivity (Wildman–Crippen MR) is 126 cm³/mol. The molecule has 1 aliphatic heterocycles. The van der Waals surface area contributed by atoms with Gasteiger partial charge in [0.15, 0.2) is 5.11 Å². The van der Waals surface area contributed by atoms with Crippen LogP contribution in [0.2, 0.25) is 0 Å². The summed E-state index contributed by atoms with van der Waals surface area (Å²) in [6.07, 6.45) is 2.63. The first kappa shape index (κ1) is 23.4. The number of amides is 2. The van der Waals surface area contributed by atoms with E-state index in [9.17, 15) is 14.4 Å². The van der Waals surface area contributed by atoms with Gasteiger partial charge >= 0.3 is 5.97 Å². The lowest BCUT2D eigenvalue weighted by atomic mass is 10.2. The molecule has 0 aliphatic carbocycles. The van der Waals surface area contributed by atoms with Gasteiger partial charge in [0.25, 0.3) is 5.91 Å². The molecule has 2 N–H and O–H groups in total. The van der Waals surface area contributed by atoms with E-state index in [4.69, 9.17) is 17.0 Å². The van der Waals surface area contributed by atoms with Crippen LogP contribution in [0.15, 0.2) is 54.6 Å². The van der Waals surface area contributed by atoms with E-state index < -0.39 is 5.97 Å². The van der Waals surface area contributed by atoms with Crippen molar-refractivity contribution in [2.75, 3.05) is 25.0 Å². The molecule has 0 unspecified atom stereocenters. The third-order valence-electron chi connectivity index (χ3n) is 5.07. The predicted octanol–water partition coefficient (Wildman–Crippen LogP) is 3.30. The van der Waals surface area contributed by atoms with Crippen molar-refractivity contribution in [3.05, 3.63) is 65.7 Å². The molecule has 1 aliphatic rings. The van der Waals surface area contributed by atoms with Crippen LogP contribution in [-0.2, 0) is 20.7 Å². The van der Waals surface area contributed by atoms with E-state index in [0.29, 0.717) is 17.7 Å². The van der Waals surface area contributed by atoms with E-state index in [1.54, 1.807) is 24.3 Å². The van der Waals surface area contributed by atoms with Crippen molar-refractivity contribution in [1.82, 2.24) is 10.2 Å². The summed E-state index contributed by atoms with van der Waals surface area (Å²) in [6, 6.07) is 16.7. The molecule has 1 fully saturated rings. The van der Waals surface area contributed by atoms with Crippen molar-refractivity contribution in [3.8, 4) is 0 Å². The highest BCUT2D eigenvalue weighted by Gasteiger charge is 2.19. The molecule has 1 heterocycles. The lowest BCUT2D eigenvalue weighted by Gasteiger charge is -2.16. The summed E-state index contributed by atoms with van der Waals surface area (Å²) in [6.45, 7) is 1.83. The van der Waals surface area contributed by atoms with Gasteiger partial charge in [0.1, 0.15) is 0 Å². The number of hydrogen-bond acceptors (Lipinski definition) is 5. The summed E-state index contributed by atoms with van der Waals surface area (Å²) in [5.41, 5.74) is 2.27. The lowest BCUT2D eigenvalue weighted by molar-refractivity contribution is -0.144. The van der Waals surface area contributed by atoms with Gasteiger partial charge < -0.3 is 20.3 Å². The molecule has 168 valence electrons. The summed E-state index contributed by atoms with van der Waals surface area (Å²) in [4.78, 5) is 38.3. The number of esters is 1. The van der Waals surface area contributed by atoms with Crippen LogP contribution in [0.25, 0.3) is 0 Å². The molecule has 2 amide bonds. The quantitative estimate of drug-likeness (QED) is 0.471. The largest absolute Gasteiger partial charge is 0.465 e. The van der Waals surface area contributed by atoms with Gasteiger partial charge in [-0.2, -0.15) is 0 Å². The summed E-state index contributed by atoms with van der Waals surface area (Å²) in [5, 5.41) is 5.57. The molecule has 32 heavy (non-hydrogen) atoms. The van der Waals surface area contributed by atoms with Crippen molar-refractivity contribution in [1.29, 1.82) is 0 Å². The Kier molecular flexibility index (Phi) is 8.74. The fourth-order valence-electron chi connectivity index (χ4n) is 3.40. The number of nitrogens with zero attached hydrogens (tertiary/aromatic N) is 1. The van der Waals surface area contributed by atoms with E-state index in [1.165, 1.54) is 0 Å². The maximum atomic E-state index is 12.5. The molecular formula is C24H27N3O4S. The Hall–Kier alpha value is -3.26. The zero-order chi connectivity index (χ0) is 22.8. The van der Waals surface area contributed by atoms with Gasteiger partial charge in [0.2, 0.25) is 5.91 Å². The van der Waals surface area contributed by atoms with Gasteiger partial charge in [-0.25, -0.2) is 0 Å². The second-order valence-electron chi connectivity index (χ2n) is 7.54. The van der Waals surface area contributed by atoms with E-state index in [2.05, 4.69) is 10.6 Å². The highest BCUT2D eigenvalue weighted by molar-refractivity contribution is 7.80. The van der Waals surface area contributed by atoms with E-state index in [0.717, 1.165) is 31.5 Å². The first-order valence-electron chi connectivity index (χ1n) is 10.7. The minimum atomic E-state index is -0.428. The van der Waals surface area contributed by atoms with Gasteiger partial charge in [-0.05, 0) is 48.8 Å². The van der Waals surface area contributed by atoms with Gasteiger partial charge in [-0.1, -0.05) is 36.4 Å². The monoisotopic (exact) mass is 453 g/mol. The number of carbonyl (C=O) groups is 3. The highest BCUT2D eigenvalue weighted by Crippen LogP contribution is 2.16. The summed E-state index contributed by atoms with van der Waals surface area (Å²) < 4.78 is 5.17. The molecular weight excluding hydrogens is 426 g/mol. The molecule has 0 bridgehead atoms. The first-order valence-corrected chi connectivity index (χ1v) is 11.1. The number of hydrogen-bond donors (Lipinski definition) is 2. The zero-order valence-electron chi connectivity index (χ0n) is 17.8. The average molecular weight is 454 g/mol. The molecule has 2 aromatic rings. The molecule has 0 spiro atoms. The molecule has 2 aromatic carbocycles. The maximum Gasteiger partial charge on any atom is 0.306 e. The third kappa shape index (κ3) is 7.46. The number of ether oxygens (including phenoxy) is 1. The minimum absolute atomic E-state index is 0.00752. The number of anilines is 1. The van der Waals surface area contributed by atoms with Crippen LogP contribution in [0.3, 0.4) is 0 Å². The van der Waals surface area contributed by atoms with Gasteiger partial charge in [0, 0.05) is 37.2 Å². The molecule has 0 atom stereocenters. The van der Waals surface area contributed by atoms with E-state index in [-0.39, 0.29) is 36.4 Å². The van der Waals surface area contributed by atoms with Crippen LogP contribution < -0.4 is 10.6 Å². The normalized spacial score (nSPS) is 12.8. The molecule has 3 rings (SSSR count). The maximum absolute atomic E-state index is 12.5. The fraction of sp³-hybridized carbons (Fsp3) is 0.333. The van der Waals surface area contributed by atoms with Crippen molar-refractivity contribution < 1.29 is 19.1 Å². The van der Waals surface area contributed by atoms with Gasteiger partial charge in [0.05, 0.1) is 13.0 Å². The number of rotatable bonds is 8. The summed E-state index contributed by atoms with van der Waals surface area (Å²) in [5.74, 6) is -0.818. The summed E-state index contributed by atoms with van der Waals surface area (Å²) >= 11 is 5.18. The van der Waals surface area contributed by atoms with Crippen LogP contribution in [0.1, 0.15) is 41.6 Å². The second kappa shape index (κ2) is 12.0. The summed E-state index contributed by atoms with van der Waals surface area (Å²) in [7, 11) is 0. The number of likely N-dealkylation sites (tertiary alicyclic amines) is 1. The van der Waals surface area contributed by atoms with E-state index >= 15 is 0 Å². The number of carbonyl (C=O) groups excluding carboxylic acids is 3. The number of nitrogens with one attached hydrogen (secondary N) is 2. The van der Waals surface area contributed by atoms with Crippen LogP contribution >= 0.6 is 12.2 Å². The fourth-order valence-corrected chi connectivity index (χ4v) is 3.63. The van der Waals surface area contributed by atoms with Gasteiger partial charge in [-0.15, -0.1) is 0 Å². The number of benzene rings is 2. The van der Waals surface area contributed by atoms with Crippen molar-refractivity contribution in [2.45, 2.75) is 32.1 Å². The van der Waals surface area contributed by atoms with Crippen molar-refractivity contribution in [3.63, 3.8) is 0 Å². The Morgan fingerprint density at radius 1 is 0.969 bits per heavy atom. The molecule has 0 aromatic heterocycles. The van der Waals surface area contributed by atoms with Crippen LogP contribution in [-0.4, -0.2) is 47.5 Å². The third-order valence-corrected chi connectivity index (χ3v) is 5.27. The molecule has 1 saturated heterocycles. The Bertz CT molecular complexity index is 959. The molecule has 0 saturated carbocycles. The van der Waals surface area contributed by atoms with E-state index in [1.807, 2.05) is 35.2 Å². The number of thiocarbonyl (C=S) groups is 1. The first-order chi connectivity index (χ1) is 15.5. The van der Waals surface area contributed by atoms with Crippen LogP contribution in [0, 0.1) is 0 Å². The Morgan fingerprint density at radius 3 is 2.47 bits per heavy atom. The molecule has 8 heteroatoms. The Morgan fingerprint density at radius 2 is 1.72 bits per heavy atom. The minimum Gasteiger partial charge on any atom is -0.465 e. The highest BCUT2D eigenvalue weighted by atomic mass is 32.1. The lowest BCUT2D eigenvalue weighted by Crippen LogP contribution is -2.34. The zero-order valence-corrected chi connectivity index (χ0v) is 18.7. The molecule has 7 nitrogen and oxygen atoms in total. The standard InChI is InChI=1S/C24H27N3O4S/c28-21(11-12-22(29)31-16-13-18-7-2-1-3-8-18)26-24(32)25-20-10-6-9-19(17-20)23(30)27-14-4-5-15-27/h1-3,6-10,17H,4-5,11-16H2,(H2,25,26,28,32). The van der Waals surface area contributed by atoms with Crippen LogP contribution in [0.5, 0.6) is 0 Å². The van der Waals surface area contributed by atoms with Crippen molar-refractivity contribution >= 4 is 40.8 Å². The molecule has 0 radical (unpaired) electrons.